The number of aromatic nitrogens is 3. The second-order valence-electron chi connectivity index (χ2n) is 10.8. The summed E-state index contributed by atoms with van der Waals surface area (Å²) in [6, 6.07) is 8.33. The third kappa shape index (κ3) is 5.60. The number of rotatable bonds is 9. The molecule has 1 saturated carbocycles. The molecule has 1 saturated heterocycles. The Morgan fingerprint density at radius 2 is 2.08 bits per heavy atom. The van der Waals surface area contributed by atoms with Crippen molar-refractivity contribution in [3.05, 3.63) is 45.8 Å². The first kappa shape index (κ1) is 28.2. The van der Waals surface area contributed by atoms with E-state index in [4.69, 9.17) is 21.3 Å². The van der Waals surface area contributed by atoms with Crippen LogP contribution in [0.15, 0.2) is 35.3 Å². The summed E-state index contributed by atoms with van der Waals surface area (Å²) in [5, 5.41) is 7.04. The van der Waals surface area contributed by atoms with Crippen molar-refractivity contribution < 1.29 is 9.53 Å². The molecule has 2 aromatic heterocycles. The lowest BCUT2D eigenvalue weighted by atomic mass is 9.80. The van der Waals surface area contributed by atoms with E-state index in [1.54, 1.807) is 19.3 Å². The third-order valence-corrected chi connectivity index (χ3v) is 8.59. The number of nitrogens with zero attached hydrogens (tertiary/aromatic N) is 5. The molecule has 10 nitrogen and oxygen atoms in total. The molecule has 2 aliphatic rings. The van der Waals surface area contributed by atoms with E-state index in [-0.39, 0.29) is 23.8 Å². The summed E-state index contributed by atoms with van der Waals surface area (Å²) in [6.07, 6.45) is 7.60. The van der Waals surface area contributed by atoms with Crippen molar-refractivity contribution in [2.75, 3.05) is 44.0 Å². The second-order valence-corrected chi connectivity index (χ2v) is 11.2. The summed E-state index contributed by atoms with van der Waals surface area (Å²) in [6.45, 7) is 4.07. The smallest absolute Gasteiger partial charge is 0.293 e. The van der Waals surface area contributed by atoms with Gasteiger partial charge < -0.3 is 29.7 Å². The van der Waals surface area contributed by atoms with Crippen LogP contribution in [0, 0.1) is 5.92 Å². The predicted octanol–water partition coefficient (Wildman–Crippen LogP) is 3.94. The van der Waals surface area contributed by atoms with Crippen LogP contribution in [-0.2, 0) is 11.8 Å². The number of likely N-dealkylation sites (N-methyl/N-ethyl adjacent to an activating group) is 1. The summed E-state index contributed by atoms with van der Waals surface area (Å²) in [4.78, 5) is 38.7. The highest BCUT2D eigenvalue weighted by molar-refractivity contribution is 6.32. The van der Waals surface area contributed by atoms with Crippen molar-refractivity contribution >= 4 is 45.9 Å². The maximum Gasteiger partial charge on any atom is 0.293 e. The van der Waals surface area contributed by atoms with E-state index in [1.165, 1.54) is 30.9 Å². The molecule has 3 heterocycles. The van der Waals surface area contributed by atoms with Crippen molar-refractivity contribution in [3.8, 4) is 5.75 Å². The number of carbonyl (C=O) groups excluding carboxylic acids is 1. The van der Waals surface area contributed by atoms with Crippen LogP contribution < -0.4 is 25.8 Å². The fourth-order valence-corrected chi connectivity index (χ4v) is 6.47. The quantitative estimate of drug-likeness (QED) is 0.401. The zero-order valence-electron chi connectivity index (χ0n) is 23.6. The molecule has 2 fully saturated rings. The fourth-order valence-electron chi connectivity index (χ4n) is 6.33. The largest absolute Gasteiger partial charge is 0.478 e. The van der Waals surface area contributed by atoms with Crippen molar-refractivity contribution in [1.29, 1.82) is 0 Å². The zero-order chi connectivity index (χ0) is 28.4. The summed E-state index contributed by atoms with van der Waals surface area (Å²) in [7, 11) is 5.46. The Morgan fingerprint density at radius 1 is 1.25 bits per heavy atom. The van der Waals surface area contributed by atoms with Gasteiger partial charge in [-0.05, 0) is 75.9 Å². The van der Waals surface area contributed by atoms with Crippen LogP contribution in [0.2, 0.25) is 5.02 Å². The molecule has 2 N–H and O–H groups in total. The van der Waals surface area contributed by atoms with Gasteiger partial charge in [0, 0.05) is 43.8 Å². The molecule has 5 rings (SSSR count). The van der Waals surface area contributed by atoms with E-state index in [0.29, 0.717) is 34.8 Å². The molecule has 1 aliphatic heterocycles. The Hall–Kier alpha value is -3.37. The highest BCUT2D eigenvalue weighted by Crippen LogP contribution is 2.40. The summed E-state index contributed by atoms with van der Waals surface area (Å²) in [5.74, 6) is 1.65. The van der Waals surface area contributed by atoms with E-state index in [9.17, 15) is 9.59 Å². The average molecular weight is 568 g/mol. The van der Waals surface area contributed by atoms with E-state index in [0.717, 1.165) is 42.5 Å². The highest BCUT2D eigenvalue weighted by atomic mass is 35.5. The number of hydrogen-bond donors (Lipinski definition) is 2. The van der Waals surface area contributed by atoms with Gasteiger partial charge in [0.15, 0.2) is 18.2 Å². The second kappa shape index (κ2) is 12.0. The van der Waals surface area contributed by atoms with E-state index in [2.05, 4.69) is 39.4 Å². The summed E-state index contributed by atoms with van der Waals surface area (Å²) >= 11 is 6.55. The van der Waals surface area contributed by atoms with Crippen LogP contribution in [0.4, 0.5) is 17.5 Å². The molecule has 0 unspecified atom stereocenters. The van der Waals surface area contributed by atoms with Gasteiger partial charge in [-0.1, -0.05) is 18.5 Å². The maximum absolute atomic E-state index is 12.7. The van der Waals surface area contributed by atoms with Gasteiger partial charge in [0.2, 0.25) is 5.95 Å². The monoisotopic (exact) mass is 567 g/mol. The van der Waals surface area contributed by atoms with Gasteiger partial charge >= 0.3 is 0 Å². The molecule has 1 aromatic carbocycles. The molecule has 3 atom stereocenters. The van der Waals surface area contributed by atoms with Crippen LogP contribution in [0.5, 0.6) is 5.75 Å². The number of anilines is 3. The maximum atomic E-state index is 12.7. The lowest BCUT2D eigenvalue weighted by Crippen LogP contribution is -2.47. The van der Waals surface area contributed by atoms with Crippen LogP contribution in [-0.4, -0.2) is 71.2 Å². The number of ether oxygens (including phenoxy) is 1. The number of pyridine rings is 1. The van der Waals surface area contributed by atoms with E-state index < -0.39 is 0 Å². The van der Waals surface area contributed by atoms with Gasteiger partial charge in [-0.2, -0.15) is 4.98 Å². The molecule has 3 aromatic rings. The molecule has 11 heteroatoms. The molecule has 0 bridgehead atoms. The lowest BCUT2D eigenvalue weighted by Gasteiger charge is -2.41. The number of halogens is 1. The Morgan fingerprint density at radius 3 is 2.85 bits per heavy atom. The molecule has 40 heavy (non-hydrogen) atoms. The van der Waals surface area contributed by atoms with Crippen LogP contribution in [0.25, 0.3) is 10.9 Å². The fraction of sp³-hybridized carbons (Fsp3) is 0.517. The zero-order valence-corrected chi connectivity index (χ0v) is 24.4. The Balaban J connectivity index is 1.38. The van der Waals surface area contributed by atoms with Crippen LogP contribution in [0.1, 0.15) is 39.0 Å². The first-order chi connectivity index (χ1) is 19.3. The van der Waals surface area contributed by atoms with Gasteiger partial charge in [-0.15, -0.1) is 0 Å². The molecule has 1 amide bonds. The highest BCUT2D eigenvalue weighted by Gasteiger charge is 2.43. The normalized spacial score (nSPS) is 20.6. The lowest BCUT2D eigenvalue weighted by molar-refractivity contribution is -0.122. The molecular formula is C29H38ClN7O3. The minimum Gasteiger partial charge on any atom is -0.478 e. The number of fused-ring (bicyclic) bond motifs is 2. The Bertz CT molecular complexity index is 1450. The number of carbonyl (C=O) groups is 1. The number of nitrogens with one attached hydrogen (secondary N) is 2. The van der Waals surface area contributed by atoms with E-state index in [1.807, 2.05) is 18.2 Å². The Kier molecular flexibility index (Phi) is 8.46. The molecule has 214 valence electrons. The van der Waals surface area contributed by atoms with Crippen molar-refractivity contribution in [1.82, 2.24) is 24.8 Å². The third-order valence-electron chi connectivity index (χ3n) is 8.31. The number of hydrogen-bond acceptors (Lipinski definition) is 8. The van der Waals surface area contributed by atoms with Gasteiger partial charge in [0.05, 0.1) is 11.7 Å². The minimum atomic E-state index is -0.312. The van der Waals surface area contributed by atoms with Crippen molar-refractivity contribution in [2.45, 2.75) is 51.1 Å². The van der Waals surface area contributed by atoms with Crippen molar-refractivity contribution in [3.63, 3.8) is 0 Å². The van der Waals surface area contributed by atoms with Crippen LogP contribution in [0.3, 0.4) is 0 Å². The Labute approximate surface area is 239 Å². The molecule has 0 spiro atoms. The predicted molar refractivity (Wildman–Crippen MR) is 159 cm³/mol. The average Bonchev–Trinajstić information content (AvgIpc) is 3.39. The van der Waals surface area contributed by atoms with Gasteiger partial charge in [-0.3, -0.25) is 9.59 Å². The first-order valence-corrected chi connectivity index (χ1v) is 14.4. The number of aryl methyl sites for hydroxylation is 1. The van der Waals surface area contributed by atoms with Gasteiger partial charge in [0.1, 0.15) is 5.02 Å². The van der Waals surface area contributed by atoms with Crippen LogP contribution >= 0.6 is 11.6 Å². The topological polar surface area (TPSA) is 105 Å². The van der Waals surface area contributed by atoms with E-state index >= 15 is 0 Å². The number of benzene rings is 1. The molecule has 0 radical (unpaired) electrons. The standard InChI is InChI=1S/C29H38ClN7O3/c1-5-12-35(3)23-7-6-8-24-20(23)11-13-37(24)29-32-16-21(30)27(34-29)33-19-9-10-22-18(14-19)15-25(28(39)36(22)4)40-17-26(38)31-2/h9-10,14-16,20,23-24H,5-8,11-13,17H2,1-4H3,(H,31,38)(H,32,33,34)/t20-,23-,24+/m1/s1. The van der Waals surface area contributed by atoms with Crippen molar-refractivity contribution in [2.24, 2.45) is 13.0 Å². The first-order valence-electron chi connectivity index (χ1n) is 14.0. The molecule has 1 aliphatic carbocycles. The molecular weight excluding hydrogens is 530 g/mol. The SMILES string of the molecule is CCCN(C)[C@@H]1CCC[C@H]2[C@@H]1CCN2c1ncc(Cl)c(Nc2ccc3c(c2)cc(OCC(=O)NC)c(=O)n3C)n1. The number of amides is 1. The summed E-state index contributed by atoms with van der Waals surface area (Å²) < 4.78 is 7.00. The minimum absolute atomic E-state index is 0.108. The summed E-state index contributed by atoms with van der Waals surface area (Å²) in [5.41, 5.74) is 1.18. The van der Waals surface area contributed by atoms with Gasteiger partial charge in [0.25, 0.3) is 11.5 Å². The van der Waals surface area contributed by atoms with Gasteiger partial charge in [-0.25, -0.2) is 4.98 Å².